The van der Waals surface area contributed by atoms with Gasteiger partial charge in [-0.05, 0) is 41.5 Å². The fourth-order valence-electron chi connectivity index (χ4n) is 2.51. The van der Waals surface area contributed by atoms with E-state index in [0.29, 0.717) is 26.0 Å². The van der Waals surface area contributed by atoms with Crippen molar-refractivity contribution < 1.29 is 19.5 Å². The average molecular weight is 412 g/mol. The highest BCUT2D eigenvalue weighted by Crippen LogP contribution is 2.31. The van der Waals surface area contributed by atoms with Crippen LogP contribution in [0.1, 0.15) is 21.5 Å². The third kappa shape index (κ3) is 4.65. The minimum absolute atomic E-state index is 0.0630. The summed E-state index contributed by atoms with van der Waals surface area (Å²) in [6.07, 6.45) is 1.68. The van der Waals surface area contributed by atoms with Crippen LogP contribution in [-0.2, 0) is 16.0 Å². The summed E-state index contributed by atoms with van der Waals surface area (Å²) in [4.78, 5) is 37.1. The van der Waals surface area contributed by atoms with Crippen LogP contribution in [0, 0.1) is 0 Å². The number of hydrogen-bond donors (Lipinski definition) is 2. The maximum absolute atomic E-state index is 12.4. The molecular formula is C20H16N2O4S2. The Labute approximate surface area is 171 Å². The molecule has 0 spiro atoms. The second-order valence-electron chi connectivity index (χ2n) is 6.08. The van der Waals surface area contributed by atoms with Crippen LogP contribution in [0.2, 0.25) is 0 Å². The van der Waals surface area contributed by atoms with Gasteiger partial charge >= 0.3 is 5.97 Å². The predicted molar refractivity (Wildman–Crippen MR) is 113 cm³/mol. The van der Waals surface area contributed by atoms with E-state index in [0.717, 1.165) is 5.56 Å². The van der Waals surface area contributed by atoms with E-state index in [1.54, 1.807) is 61.7 Å². The first-order valence-electron chi connectivity index (χ1n) is 8.27. The molecule has 0 saturated carbocycles. The van der Waals surface area contributed by atoms with E-state index in [2.05, 4.69) is 5.32 Å². The van der Waals surface area contributed by atoms with Crippen LogP contribution in [0.4, 0.5) is 5.69 Å². The van der Waals surface area contributed by atoms with Crippen molar-refractivity contribution in [3.8, 4) is 0 Å². The number of carboxylic acid groups (broad SMARTS) is 1. The number of amides is 2. The van der Waals surface area contributed by atoms with Gasteiger partial charge in [0.25, 0.3) is 11.8 Å². The van der Waals surface area contributed by atoms with Crippen LogP contribution >= 0.6 is 24.0 Å². The van der Waals surface area contributed by atoms with E-state index in [1.165, 1.54) is 16.7 Å². The summed E-state index contributed by atoms with van der Waals surface area (Å²) in [6.45, 7) is 0. The van der Waals surface area contributed by atoms with E-state index in [-0.39, 0.29) is 18.2 Å². The van der Waals surface area contributed by atoms with Gasteiger partial charge in [0.2, 0.25) is 0 Å². The molecule has 3 rings (SSSR count). The summed E-state index contributed by atoms with van der Waals surface area (Å²) in [5, 5.41) is 11.5. The Morgan fingerprint density at radius 2 is 1.79 bits per heavy atom. The molecule has 0 bridgehead atoms. The molecule has 142 valence electrons. The Kier molecular flexibility index (Phi) is 5.91. The lowest BCUT2D eigenvalue weighted by Crippen LogP contribution is -2.22. The molecule has 2 N–H and O–H groups in total. The molecule has 8 heteroatoms. The molecule has 1 fully saturated rings. The predicted octanol–water partition coefficient (Wildman–Crippen LogP) is 3.40. The molecule has 1 saturated heterocycles. The van der Waals surface area contributed by atoms with Crippen molar-refractivity contribution in [2.45, 2.75) is 6.42 Å². The number of carbonyl (C=O) groups is 3. The van der Waals surface area contributed by atoms with Crippen LogP contribution in [0.25, 0.3) is 6.08 Å². The number of rotatable bonds is 5. The van der Waals surface area contributed by atoms with E-state index in [1.807, 2.05) is 0 Å². The van der Waals surface area contributed by atoms with E-state index in [4.69, 9.17) is 17.3 Å². The number of nitrogens with one attached hydrogen (secondary N) is 1. The Balaban J connectivity index is 1.66. The Bertz CT molecular complexity index is 982. The normalized spacial score (nSPS) is 15.2. The number of nitrogens with zero attached hydrogens (tertiary/aromatic N) is 1. The van der Waals surface area contributed by atoms with Crippen LogP contribution in [0.5, 0.6) is 0 Å². The van der Waals surface area contributed by atoms with Gasteiger partial charge in [-0.3, -0.25) is 19.3 Å². The minimum Gasteiger partial charge on any atom is -0.481 e. The lowest BCUT2D eigenvalue weighted by Gasteiger charge is -2.07. The molecule has 2 aromatic rings. The first-order valence-corrected chi connectivity index (χ1v) is 9.49. The summed E-state index contributed by atoms with van der Waals surface area (Å²) in [6, 6.07) is 13.5. The maximum atomic E-state index is 12.4. The Morgan fingerprint density at radius 3 is 2.32 bits per heavy atom. The molecule has 2 aromatic carbocycles. The van der Waals surface area contributed by atoms with Crippen molar-refractivity contribution in [1.82, 2.24) is 4.90 Å². The highest BCUT2D eigenvalue weighted by molar-refractivity contribution is 8.26. The number of likely N-dealkylation sites (N-methyl/N-ethyl adjacent to an activating group) is 1. The summed E-state index contributed by atoms with van der Waals surface area (Å²) >= 11 is 6.35. The number of aliphatic carboxylic acids is 1. The van der Waals surface area contributed by atoms with Crippen LogP contribution in [-0.4, -0.2) is 39.2 Å². The molecule has 0 atom stereocenters. The van der Waals surface area contributed by atoms with Gasteiger partial charge < -0.3 is 10.4 Å². The highest BCUT2D eigenvalue weighted by atomic mass is 32.2. The molecule has 1 heterocycles. The fraction of sp³-hybridized carbons (Fsp3) is 0.100. The molecule has 6 nitrogen and oxygen atoms in total. The molecular weight excluding hydrogens is 396 g/mol. The van der Waals surface area contributed by atoms with Crippen molar-refractivity contribution in [3.63, 3.8) is 0 Å². The lowest BCUT2D eigenvalue weighted by molar-refractivity contribution is -0.136. The second kappa shape index (κ2) is 8.37. The SMILES string of the molecule is CN1C(=O)/C(=C\c2ccc(C(=O)Nc3ccc(CC(=O)O)cc3)cc2)SC1=S. The first kappa shape index (κ1) is 19.8. The van der Waals surface area contributed by atoms with Gasteiger partial charge in [-0.1, -0.05) is 48.2 Å². The van der Waals surface area contributed by atoms with Gasteiger partial charge in [0.15, 0.2) is 0 Å². The molecule has 0 radical (unpaired) electrons. The summed E-state index contributed by atoms with van der Waals surface area (Å²) in [5.41, 5.74) is 2.50. The van der Waals surface area contributed by atoms with Crippen molar-refractivity contribution in [3.05, 3.63) is 70.1 Å². The monoisotopic (exact) mass is 412 g/mol. The number of carbonyl (C=O) groups excluding carboxylic acids is 2. The van der Waals surface area contributed by atoms with Gasteiger partial charge in [-0.15, -0.1) is 0 Å². The molecule has 28 heavy (non-hydrogen) atoms. The molecule has 0 aromatic heterocycles. The van der Waals surface area contributed by atoms with E-state index in [9.17, 15) is 14.4 Å². The molecule has 0 unspecified atom stereocenters. The summed E-state index contributed by atoms with van der Waals surface area (Å²) < 4.78 is 0.515. The van der Waals surface area contributed by atoms with Gasteiger partial charge in [-0.25, -0.2) is 0 Å². The maximum Gasteiger partial charge on any atom is 0.307 e. The Morgan fingerprint density at radius 1 is 1.14 bits per heavy atom. The largest absolute Gasteiger partial charge is 0.481 e. The average Bonchev–Trinajstić information content (AvgIpc) is 2.90. The van der Waals surface area contributed by atoms with Gasteiger partial charge in [0.05, 0.1) is 11.3 Å². The molecule has 1 aliphatic heterocycles. The standard InChI is InChI=1S/C20H16N2O4S2/c1-22-19(26)16(28-20(22)27)10-12-2-6-14(7-3-12)18(25)21-15-8-4-13(5-9-15)11-17(23)24/h2-10H,11H2,1H3,(H,21,25)(H,23,24)/b16-10+. The van der Waals surface area contributed by atoms with Crippen LogP contribution in [0.3, 0.4) is 0 Å². The minimum atomic E-state index is -0.905. The van der Waals surface area contributed by atoms with Gasteiger partial charge in [-0.2, -0.15) is 0 Å². The number of anilines is 1. The fourth-order valence-corrected chi connectivity index (χ4v) is 3.69. The smallest absolute Gasteiger partial charge is 0.307 e. The van der Waals surface area contributed by atoms with Crippen LogP contribution in [0.15, 0.2) is 53.4 Å². The summed E-state index contributed by atoms with van der Waals surface area (Å²) in [5.74, 6) is -1.32. The zero-order chi connectivity index (χ0) is 20.3. The van der Waals surface area contributed by atoms with E-state index < -0.39 is 5.97 Å². The number of benzene rings is 2. The summed E-state index contributed by atoms with van der Waals surface area (Å²) in [7, 11) is 1.64. The van der Waals surface area contributed by atoms with Crippen molar-refractivity contribution in [2.24, 2.45) is 0 Å². The van der Waals surface area contributed by atoms with E-state index >= 15 is 0 Å². The zero-order valence-electron chi connectivity index (χ0n) is 14.8. The number of carboxylic acids is 1. The van der Waals surface area contributed by atoms with Crippen molar-refractivity contribution in [2.75, 3.05) is 12.4 Å². The number of hydrogen-bond acceptors (Lipinski definition) is 5. The topological polar surface area (TPSA) is 86.7 Å². The van der Waals surface area contributed by atoms with Gasteiger partial charge in [0, 0.05) is 18.3 Å². The highest BCUT2D eigenvalue weighted by Gasteiger charge is 2.28. The van der Waals surface area contributed by atoms with Gasteiger partial charge in [0.1, 0.15) is 4.32 Å². The number of thioether (sulfide) groups is 1. The third-order valence-corrected chi connectivity index (χ3v) is 5.51. The van der Waals surface area contributed by atoms with Crippen molar-refractivity contribution in [1.29, 1.82) is 0 Å². The molecule has 2 amide bonds. The zero-order valence-corrected chi connectivity index (χ0v) is 16.5. The molecule has 1 aliphatic rings. The van der Waals surface area contributed by atoms with Crippen molar-refractivity contribution >= 4 is 57.8 Å². The quantitative estimate of drug-likeness (QED) is 0.578. The Hall–Kier alpha value is -2.97. The second-order valence-corrected chi connectivity index (χ2v) is 7.76. The molecule has 0 aliphatic carbocycles. The lowest BCUT2D eigenvalue weighted by atomic mass is 10.1. The number of thiocarbonyl (C=S) groups is 1. The third-order valence-electron chi connectivity index (χ3n) is 4.02. The first-order chi connectivity index (χ1) is 13.3. The van der Waals surface area contributed by atoms with Crippen LogP contribution < -0.4 is 5.32 Å².